The molecule has 3 amide bonds. The zero-order valence-electron chi connectivity index (χ0n) is 29.8. The minimum absolute atomic E-state index is 0.0575. The average molecular weight is 759 g/mol. The Morgan fingerprint density at radius 1 is 1.02 bits per heavy atom. The highest BCUT2D eigenvalue weighted by Crippen LogP contribution is 2.53. The number of rotatable bonds is 12. The van der Waals surface area contributed by atoms with Crippen molar-refractivity contribution in [2.24, 2.45) is 15.7 Å². The van der Waals surface area contributed by atoms with E-state index in [0.29, 0.717) is 15.7 Å². The van der Waals surface area contributed by atoms with E-state index in [-0.39, 0.29) is 47.7 Å². The summed E-state index contributed by atoms with van der Waals surface area (Å²) in [6.07, 6.45) is 0.0325. The largest absolute Gasteiger partial charge is 0.496 e. The Morgan fingerprint density at radius 2 is 1.69 bits per heavy atom. The molecule has 51 heavy (non-hydrogen) atoms. The molecule has 0 bridgehead atoms. The Bertz CT molecular complexity index is 1920. The Balaban J connectivity index is 1.89. The van der Waals surface area contributed by atoms with E-state index in [1.807, 2.05) is 44.2 Å². The zero-order chi connectivity index (χ0) is 37.8. The van der Waals surface area contributed by atoms with Crippen molar-refractivity contribution in [3.63, 3.8) is 0 Å². The molecule has 13 heteroatoms. The van der Waals surface area contributed by atoms with Gasteiger partial charge in [-0.3, -0.25) is 14.4 Å². The van der Waals surface area contributed by atoms with Crippen molar-refractivity contribution in [2.45, 2.75) is 77.6 Å². The summed E-state index contributed by atoms with van der Waals surface area (Å²) in [5, 5.41) is 12.8. The van der Waals surface area contributed by atoms with Gasteiger partial charge in [-0.15, -0.1) is 0 Å². The summed E-state index contributed by atoms with van der Waals surface area (Å²) in [6, 6.07) is 17.6. The SMILES string of the molecule is COc1cc(NC(=O)C[C@@]2(C)C[C@H](c3cccc(Cl)c3)[C@@H](c3ccc(Cl)cc3)N(C(CS(=O)(=NC(C)=O)C(C)C)C(C)C)C2=O)ccc1C(=O)O. The number of benzene rings is 3. The summed E-state index contributed by atoms with van der Waals surface area (Å²) in [7, 11) is -1.80. The molecule has 1 heterocycles. The number of carboxylic acid groups (broad SMARTS) is 1. The highest BCUT2D eigenvalue weighted by Gasteiger charge is 2.53. The number of amides is 3. The smallest absolute Gasteiger partial charge is 0.339 e. The molecule has 0 saturated carbocycles. The number of carbonyl (C=O) groups excluding carboxylic acids is 3. The minimum atomic E-state index is -3.13. The Hall–Kier alpha value is -3.93. The number of nitrogens with one attached hydrogen (secondary N) is 1. The lowest BCUT2D eigenvalue weighted by atomic mass is 9.66. The van der Waals surface area contributed by atoms with Crippen LogP contribution in [-0.2, 0) is 24.1 Å². The van der Waals surface area contributed by atoms with E-state index in [1.165, 1.54) is 32.2 Å². The number of hydrogen-bond donors (Lipinski definition) is 2. The van der Waals surface area contributed by atoms with Crippen LogP contribution in [0.2, 0.25) is 10.0 Å². The first-order valence-electron chi connectivity index (χ1n) is 16.7. The second kappa shape index (κ2) is 16.2. The second-order valence-electron chi connectivity index (χ2n) is 13.9. The number of likely N-dealkylation sites (tertiary alicyclic amines) is 1. The van der Waals surface area contributed by atoms with Gasteiger partial charge >= 0.3 is 5.97 Å². The fraction of sp³-hybridized carbons (Fsp3) is 0.421. The minimum Gasteiger partial charge on any atom is -0.496 e. The van der Waals surface area contributed by atoms with E-state index in [2.05, 4.69) is 9.68 Å². The molecule has 4 rings (SSSR count). The third-order valence-corrected chi connectivity index (χ3v) is 12.8. The number of piperidine rings is 1. The molecular formula is C38H45Cl2N3O7S. The van der Waals surface area contributed by atoms with Crippen LogP contribution in [0.5, 0.6) is 5.75 Å². The number of halogens is 2. The molecule has 1 aliphatic rings. The van der Waals surface area contributed by atoms with Crippen LogP contribution in [0.15, 0.2) is 71.1 Å². The number of nitrogens with zero attached hydrogens (tertiary/aromatic N) is 2. The fourth-order valence-electron chi connectivity index (χ4n) is 6.81. The van der Waals surface area contributed by atoms with Crippen molar-refractivity contribution in [3.05, 3.63) is 93.5 Å². The number of methoxy groups -OCH3 is 1. The summed E-state index contributed by atoms with van der Waals surface area (Å²) in [4.78, 5) is 54.7. The molecule has 0 radical (unpaired) electrons. The van der Waals surface area contributed by atoms with Crippen molar-refractivity contribution >= 4 is 62.3 Å². The highest BCUT2D eigenvalue weighted by atomic mass is 35.5. The van der Waals surface area contributed by atoms with E-state index in [1.54, 1.807) is 43.9 Å². The van der Waals surface area contributed by atoms with E-state index in [4.69, 9.17) is 27.9 Å². The summed E-state index contributed by atoms with van der Waals surface area (Å²) < 4.78 is 23.8. The molecule has 10 nitrogen and oxygen atoms in total. The van der Waals surface area contributed by atoms with Gasteiger partial charge < -0.3 is 20.1 Å². The first-order valence-corrected chi connectivity index (χ1v) is 19.2. The van der Waals surface area contributed by atoms with Gasteiger partial charge in [0.1, 0.15) is 11.3 Å². The maximum absolute atomic E-state index is 15.2. The van der Waals surface area contributed by atoms with Crippen LogP contribution in [0.1, 0.15) is 87.8 Å². The number of anilines is 1. The first kappa shape index (κ1) is 39.8. The predicted octanol–water partition coefficient (Wildman–Crippen LogP) is 8.24. The number of carbonyl (C=O) groups is 4. The van der Waals surface area contributed by atoms with Gasteiger partial charge in [-0.25, -0.2) is 9.00 Å². The van der Waals surface area contributed by atoms with Crippen molar-refractivity contribution in [3.8, 4) is 5.75 Å². The summed E-state index contributed by atoms with van der Waals surface area (Å²) in [6.45, 7) is 10.4. The lowest BCUT2D eigenvalue weighted by molar-refractivity contribution is -0.157. The molecule has 274 valence electrons. The van der Waals surface area contributed by atoms with Gasteiger partial charge in [0.15, 0.2) is 0 Å². The Labute approximate surface area is 310 Å². The quantitative estimate of drug-likeness (QED) is 0.190. The number of ether oxygens (including phenoxy) is 1. The van der Waals surface area contributed by atoms with Crippen molar-refractivity contribution in [1.29, 1.82) is 0 Å². The molecule has 2 unspecified atom stereocenters. The van der Waals surface area contributed by atoms with E-state index >= 15 is 4.79 Å². The van der Waals surface area contributed by atoms with Gasteiger partial charge in [-0.1, -0.05) is 82.1 Å². The van der Waals surface area contributed by atoms with Crippen molar-refractivity contribution in [2.75, 3.05) is 18.2 Å². The lowest BCUT2D eigenvalue weighted by Crippen LogP contribution is -2.59. The maximum Gasteiger partial charge on any atom is 0.339 e. The van der Waals surface area contributed by atoms with E-state index in [9.17, 15) is 23.7 Å². The summed E-state index contributed by atoms with van der Waals surface area (Å²) in [5.41, 5.74) is 0.612. The van der Waals surface area contributed by atoms with Gasteiger partial charge in [0.2, 0.25) is 11.8 Å². The Kier molecular flexibility index (Phi) is 12.6. The van der Waals surface area contributed by atoms with Crippen LogP contribution in [-0.4, -0.2) is 62.1 Å². The van der Waals surface area contributed by atoms with Crippen molar-refractivity contribution < 1.29 is 33.2 Å². The van der Waals surface area contributed by atoms with E-state index in [0.717, 1.165) is 11.1 Å². The van der Waals surface area contributed by atoms with Gasteiger partial charge in [0.25, 0.3) is 5.91 Å². The molecular weight excluding hydrogens is 713 g/mol. The van der Waals surface area contributed by atoms with Crippen molar-refractivity contribution in [1.82, 2.24) is 4.90 Å². The van der Waals surface area contributed by atoms with Gasteiger partial charge in [0, 0.05) is 52.4 Å². The third-order valence-electron chi connectivity index (χ3n) is 9.41. The third kappa shape index (κ3) is 9.12. The second-order valence-corrected chi connectivity index (χ2v) is 17.6. The standard InChI is InChI=1S/C38H45Cl2N3O7S/c1-22(2)32(21-51(49,23(3)4)42-24(5)44)43-35(25-11-13-27(39)14-12-25)31(26-9-8-10-28(40)17-26)19-38(6,37(43)48)20-34(45)41-29-15-16-30(36(46)47)33(18-29)50-7/h8-18,22-23,31-32,35H,19-21H2,1-7H3,(H,41,45)(H,46,47)/t31-,32?,35-,38-,51?/m1/s1. The molecule has 0 aromatic heterocycles. The monoisotopic (exact) mass is 757 g/mol. The van der Waals surface area contributed by atoms with Crippen LogP contribution >= 0.6 is 23.2 Å². The predicted molar refractivity (Wildman–Crippen MR) is 201 cm³/mol. The normalized spacial score (nSPS) is 20.8. The van der Waals surface area contributed by atoms with Crippen LogP contribution in [0.25, 0.3) is 0 Å². The maximum atomic E-state index is 15.2. The van der Waals surface area contributed by atoms with E-state index < -0.39 is 50.3 Å². The summed E-state index contributed by atoms with van der Waals surface area (Å²) in [5.74, 6) is -3.11. The molecule has 1 saturated heterocycles. The zero-order valence-corrected chi connectivity index (χ0v) is 32.1. The van der Waals surface area contributed by atoms with Gasteiger partial charge in [-0.05, 0) is 59.9 Å². The molecule has 1 aliphatic heterocycles. The summed E-state index contributed by atoms with van der Waals surface area (Å²) >= 11 is 12.9. The molecule has 1 fully saturated rings. The highest BCUT2D eigenvalue weighted by molar-refractivity contribution is 7.94. The van der Waals surface area contributed by atoms with Gasteiger partial charge in [-0.2, -0.15) is 4.36 Å². The lowest BCUT2D eigenvalue weighted by Gasteiger charge is -2.53. The molecule has 5 atom stereocenters. The molecule has 2 N–H and O–H groups in total. The number of hydrogen-bond acceptors (Lipinski definition) is 6. The molecule has 3 aromatic rings. The van der Waals surface area contributed by atoms with Crippen LogP contribution < -0.4 is 10.1 Å². The molecule has 0 spiro atoms. The fourth-order valence-corrected chi connectivity index (χ4v) is 9.27. The average Bonchev–Trinajstić information content (AvgIpc) is 3.04. The number of carboxylic acids is 1. The topological polar surface area (TPSA) is 142 Å². The first-order chi connectivity index (χ1) is 23.9. The van der Waals surface area contributed by atoms with Gasteiger partial charge in [0.05, 0.1) is 34.0 Å². The van der Waals surface area contributed by atoms with Crippen LogP contribution in [0.3, 0.4) is 0 Å². The molecule has 3 aromatic carbocycles. The van der Waals surface area contributed by atoms with Crippen LogP contribution in [0.4, 0.5) is 5.69 Å². The molecule has 0 aliphatic carbocycles. The number of aromatic carboxylic acids is 1. The van der Waals surface area contributed by atoms with Crippen LogP contribution in [0, 0.1) is 11.3 Å². The Morgan fingerprint density at radius 3 is 2.24 bits per heavy atom.